The number of amides is 2. The smallest absolute Gasteiger partial charge is 0.321 e. The molecule has 7 nitrogen and oxygen atoms in total. The van der Waals surface area contributed by atoms with Gasteiger partial charge in [0.1, 0.15) is 0 Å². The molecule has 0 bridgehead atoms. The molecule has 0 saturated heterocycles. The van der Waals surface area contributed by atoms with Crippen molar-refractivity contribution in [3.05, 3.63) is 24.4 Å². The summed E-state index contributed by atoms with van der Waals surface area (Å²) in [6.45, 7) is 4.68. The molecule has 2 aromatic rings. The summed E-state index contributed by atoms with van der Waals surface area (Å²) in [6, 6.07) is 5.20. The van der Waals surface area contributed by atoms with Crippen molar-refractivity contribution in [2.24, 2.45) is 5.41 Å². The molecule has 2 aromatic heterocycles. The van der Waals surface area contributed by atoms with E-state index in [0.717, 1.165) is 12.8 Å². The molecule has 0 atom stereocenters. The molecule has 2 rings (SSSR count). The van der Waals surface area contributed by atoms with Gasteiger partial charge in [-0.15, -0.1) is 10.2 Å². The maximum Gasteiger partial charge on any atom is 0.321 e. The van der Waals surface area contributed by atoms with Crippen molar-refractivity contribution in [1.29, 1.82) is 0 Å². The molecule has 0 saturated carbocycles. The lowest BCUT2D eigenvalue weighted by Crippen LogP contribution is -2.31. The number of carbonyl (C=O) groups is 1. The number of nitrogens with one attached hydrogen (secondary N) is 2. The van der Waals surface area contributed by atoms with Crippen molar-refractivity contribution in [2.45, 2.75) is 26.7 Å². The normalized spacial score (nSPS) is 11.6. The summed E-state index contributed by atoms with van der Waals surface area (Å²) in [6.07, 6.45) is 3.44. The number of nitrogens with zero attached hydrogens (tertiary/aromatic N) is 3. The SMILES string of the molecule is CC(C)(CO)CCCNC(=O)Nc1nnc2ccccn12. The van der Waals surface area contributed by atoms with E-state index >= 15 is 0 Å². The topological polar surface area (TPSA) is 91.5 Å². The molecule has 0 fully saturated rings. The molecule has 0 aliphatic rings. The van der Waals surface area contributed by atoms with Gasteiger partial charge in [0.05, 0.1) is 0 Å². The second-order valence-electron chi connectivity index (χ2n) is 5.76. The molecule has 21 heavy (non-hydrogen) atoms. The summed E-state index contributed by atoms with van der Waals surface area (Å²) in [5, 5.41) is 22.5. The first-order chi connectivity index (χ1) is 10.0. The van der Waals surface area contributed by atoms with Crippen molar-refractivity contribution in [3.63, 3.8) is 0 Å². The Morgan fingerprint density at radius 2 is 2.19 bits per heavy atom. The highest BCUT2D eigenvalue weighted by molar-refractivity contribution is 5.87. The summed E-state index contributed by atoms with van der Waals surface area (Å²) >= 11 is 0. The van der Waals surface area contributed by atoms with Crippen molar-refractivity contribution < 1.29 is 9.90 Å². The molecular weight excluding hydrogens is 270 g/mol. The number of fused-ring (bicyclic) bond motifs is 1. The van der Waals surface area contributed by atoms with Crippen LogP contribution in [-0.2, 0) is 0 Å². The van der Waals surface area contributed by atoms with Crippen LogP contribution in [0.5, 0.6) is 0 Å². The van der Waals surface area contributed by atoms with Gasteiger partial charge in [-0.3, -0.25) is 9.72 Å². The van der Waals surface area contributed by atoms with Crippen LogP contribution in [0.15, 0.2) is 24.4 Å². The molecule has 2 heterocycles. The summed E-state index contributed by atoms with van der Waals surface area (Å²) in [5.41, 5.74) is 0.568. The first kappa shape index (κ1) is 15.2. The number of hydrogen-bond donors (Lipinski definition) is 3. The molecule has 0 aliphatic carbocycles. The number of carbonyl (C=O) groups excluding carboxylic acids is 1. The lowest BCUT2D eigenvalue weighted by Gasteiger charge is -2.21. The third kappa shape index (κ3) is 4.16. The van der Waals surface area contributed by atoms with Crippen LogP contribution in [0.25, 0.3) is 5.65 Å². The van der Waals surface area contributed by atoms with Crippen LogP contribution < -0.4 is 10.6 Å². The van der Waals surface area contributed by atoms with Crippen molar-refractivity contribution >= 4 is 17.6 Å². The first-order valence-electron chi connectivity index (χ1n) is 6.97. The maximum absolute atomic E-state index is 11.8. The van der Waals surface area contributed by atoms with Gasteiger partial charge in [-0.1, -0.05) is 19.9 Å². The average molecular weight is 291 g/mol. The quantitative estimate of drug-likeness (QED) is 0.706. The predicted octanol–water partition coefficient (Wildman–Crippen LogP) is 1.65. The van der Waals surface area contributed by atoms with E-state index in [1.165, 1.54) is 0 Å². The zero-order valence-corrected chi connectivity index (χ0v) is 12.3. The molecule has 114 valence electrons. The van der Waals surface area contributed by atoms with Crippen LogP contribution in [0.2, 0.25) is 0 Å². The van der Waals surface area contributed by atoms with E-state index in [2.05, 4.69) is 20.8 Å². The fourth-order valence-electron chi connectivity index (χ4n) is 1.92. The summed E-state index contributed by atoms with van der Waals surface area (Å²) in [5.74, 6) is 0.388. The van der Waals surface area contributed by atoms with Crippen LogP contribution in [0.3, 0.4) is 0 Å². The fraction of sp³-hybridized carbons (Fsp3) is 0.500. The van der Waals surface area contributed by atoms with E-state index < -0.39 is 0 Å². The van der Waals surface area contributed by atoms with Gasteiger partial charge in [0.15, 0.2) is 5.65 Å². The van der Waals surface area contributed by atoms with Gasteiger partial charge < -0.3 is 10.4 Å². The van der Waals surface area contributed by atoms with E-state index in [1.54, 1.807) is 10.6 Å². The highest BCUT2D eigenvalue weighted by Crippen LogP contribution is 2.20. The molecule has 2 amide bonds. The first-order valence-corrected chi connectivity index (χ1v) is 6.97. The van der Waals surface area contributed by atoms with Crippen LogP contribution in [0, 0.1) is 5.41 Å². The van der Waals surface area contributed by atoms with E-state index in [4.69, 9.17) is 5.11 Å². The van der Waals surface area contributed by atoms with Crippen LogP contribution >= 0.6 is 0 Å². The van der Waals surface area contributed by atoms with E-state index in [9.17, 15) is 4.79 Å². The zero-order chi connectivity index (χ0) is 15.3. The maximum atomic E-state index is 11.8. The highest BCUT2D eigenvalue weighted by atomic mass is 16.3. The van der Waals surface area contributed by atoms with E-state index in [1.807, 2.05) is 32.0 Å². The molecule has 0 unspecified atom stereocenters. The Bertz CT molecular complexity index is 608. The third-order valence-electron chi connectivity index (χ3n) is 3.28. The lowest BCUT2D eigenvalue weighted by atomic mass is 9.89. The van der Waals surface area contributed by atoms with Gasteiger partial charge in [0.25, 0.3) is 0 Å². The molecule has 0 spiro atoms. The Kier molecular flexibility index (Phi) is 4.74. The number of urea groups is 1. The van der Waals surface area contributed by atoms with Crippen molar-refractivity contribution in [3.8, 4) is 0 Å². The molecule has 3 N–H and O–H groups in total. The van der Waals surface area contributed by atoms with Gasteiger partial charge in [0.2, 0.25) is 5.95 Å². The minimum absolute atomic E-state index is 0.110. The largest absolute Gasteiger partial charge is 0.396 e. The Labute approximate surface area is 123 Å². The third-order valence-corrected chi connectivity index (χ3v) is 3.28. The molecule has 0 aromatic carbocycles. The summed E-state index contributed by atoms with van der Waals surface area (Å²) in [7, 11) is 0. The Morgan fingerprint density at radius 3 is 2.95 bits per heavy atom. The second-order valence-corrected chi connectivity index (χ2v) is 5.76. The summed E-state index contributed by atoms with van der Waals surface area (Å²) in [4.78, 5) is 11.8. The number of rotatable bonds is 6. The molecule has 7 heteroatoms. The van der Waals surface area contributed by atoms with Crippen molar-refractivity contribution in [2.75, 3.05) is 18.5 Å². The Hall–Kier alpha value is -2.15. The summed E-state index contributed by atoms with van der Waals surface area (Å²) < 4.78 is 1.70. The number of aromatic nitrogens is 3. The van der Waals surface area contributed by atoms with Crippen LogP contribution in [-0.4, -0.2) is 38.9 Å². The minimum atomic E-state index is -0.310. The van der Waals surface area contributed by atoms with E-state index in [0.29, 0.717) is 18.1 Å². The van der Waals surface area contributed by atoms with Gasteiger partial charge in [-0.25, -0.2) is 4.79 Å². The number of aliphatic hydroxyl groups excluding tert-OH is 1. The Balaban J connectivity index is 1.80. The van der Waals surface area contributed by atoms with Gasteiger partial charge in [-0.2, -0.15) is 0 Å². The van der Waals surface area contributed by atoms with Crippen LogP contribution in [0.4, 0.5) is 10.7 Å². The number of pyridine rings is 1. The monoisotopic (exact) mass is 291 g/mol. The van der Waals surface area contributed by atoms with Gasteiger partial charge >= 0.3 is 6.03 Å². The molecule has 0 aliphatic heterocycles. The molecule has 0 radical (unpaired) electrons. The van der Waals surface area contributed by atoms with Gasteiger partial charge in [0, 0.05) is 19.3 Å². The highest BCUT2D eigenvalue weighted by Gasteiger charge is 2.15. The standard InChI is InChI=1S/C14H21N5O2/c1-14(2,10-20)7-5-8-15-13(21)16-12-18-17-11-6-3-4-9-19(11)12/h3-4,6,9,20H,5,7-8,10H2,1-2H3,(H2,15,16,18,21). The molecular formula is C14H21N5O2. The fourth-order valence-corrected chi connectivity index (χ4v) is 1.92. The Morgan fingerprint density at radius 1 is 1.38 bits per heavy atom. The van der Waals surface area contributed by atoms with E-state index in [-0.39, 0.29) is 18.1 Å². The second kappa shape index (κ2) is 6.53. The average Bonchev–Trinajstić information content (AvgIpc) is 2.87. The number of anilines is 1. The number of hydrogen-bond acceptors (Lipinski definition) is 4. The van der Waals surface area contributed by atoms with Crippen molar-refractivity contribution in [1.82, 2.24) is 19.9 Å². The lowest BCUT2D eigenvalue weighted by molar-refractivity contribution is 0.148. The van der Waals surface area contributed by atoms with Gasteiger partial charge in [-0.05, 0) is 30.4 Å². The zero-order valence-electron chi connectivity index (χ0n) is 12.3. The minimum Gasteiger partial charge on any atom is -0.396 e. The number of aliphatic hydroxyl groups is 1. The predicted molar refractivity (Wildman–Crippen MR) is 80.1 cm³/mol. The van der Waals surface area contributed by atoms with Crippen LogP contribution in [0.1, 0.15) is 26.7 Å².